The van der Waals surface area contributed by atoms with Gasteiger partial charge in [-0.1, -0.05) is 11.6 Å². The maximum atomic E-state index is 13.7. The Labute approximate surface area is 106 Å². The fourth-order valence-electron chi connectivity index (χ4n) is 1.31. The average Bonchev–Trinajstić information content (AvgIpc) is 2.21. The summed E-state index contributed by atoms with van der Waals surface area (Å²) in [6, 6.07) is 2.27. The zero-order valence-electron chi connectivity index (χ0n) is 8.21. The number of halogens is 3. The third kappa shape index (κ3) is 3.17. The lowest BCUT2D eigenvalue weighted by Gasteiger charge is -2.14. The molecule has 0 heterocycles. The molecule has 1 rings (SSSR count). The third-order valence-corrected chi connectivity index (χ3v) is 3.06. The number of aliphatic carboxylic acids is 1. The highest BCUT2D eigenvalue weighted by atomic mass is 79.9. The van der Waals surface area contributed by atoms with Crippen LogP contribution in [0.15, 0.2) is 16.6 Å². The Bertz CT molecular complexity index is 414. The van der Waals surface area contributed by atoms with Crippen molar-refractivity contribution in [2.45, 2.75) is 18.9 Å². The molecule has 88 valence electrons. The summed E-state index contributed by atoms with van der Waals surface area (Å²) in [4.78, 5) is 10.4. The number of rotatable bonds is 4. The molecule has 0 aliphatic rings. The van der Waals surface area contributed by atoms with E-state index in [4.69, 9.17) is 22.4 Å². The van der Waals surface area contributed by atoms with Crippen molar-refractivity contribution in [3.8, 4) is 0 Å². The van der Waals surface area contributed by atoms with Crippen molar-refractivity contribution < 1.29 is 14.3 Å². The first-order valence-electron chi connectivity index (χ1n) is 4.54. The van der Waals surface area contributed by atoms with Gasteiger partial charge in [0.15, 0.2) is 0 Å². The molecule has 0 spiro atoms. The summed E-state index contributed by atoms with van der Waals surface area (Å²) in [5.41, 5.74) is 5.86. The molecule has 1 unspecified atom stereocenters. The zero-order chi connectivity index (χ0) is 12.3. The fourth-order valence-corrected chi connectivity index (χ4v) is 1.94. The van der Waals surface area contributed by atoms with Gasteiger partial charge >= 0.3 is 5.97 Å². The molecule has 0 fully saturated rings. The SMILES string of the molecule is NC(CCC(=O)O)c1c(Cl)ccc(Br)c1F. The van der Waals surface area contributed by atoms with Crippen LogP contribution in [0.4, 0.5) is 4.39 Å². The van der Waals surface area contributed by atoms with E-state index in [-0.39, 0.29) is 27.9 Å². The Balaban J connectivity index is 2.94. The minimum atomic E-state index is -0.970. The minimum Gasteiger partial charge on any atom is -0.481 e. The van der Waals surface area contributed by atoms with Crippen LogP contribution in [0.3, 0.4) is 0 Å². The molecule has 1 aromatic rings. The van der Waals surface area contributed by atoms with Crippen molar-refractivity contribution >= 4 is 33.5 Å². The largest absolute Gasteiger partial charge is 0.481 e. The number of carboxylic acids is 1. The summed E-state index contributed by atoms with van der Waals surface area (Å²) in [7, 11) is 0. The Morgan fingerprint density at radius 2 is 2.25 bits per heavy atom. The van der Waals surface area contributed by atoms with E-state index in [1.807, 2.05) is 0 Å². The number of hydrogen-bond donors (Lipinski definition) is 2. The van der Waals surface area contributed by atoms with Crippen molar-refractivity contribution in [3.05, 3.63) is 33.0 Å². The van der Waals surface area contributed by atoms with Gasteiger partial charge in [0.05, 0.1) is 4.47 Å². The smallest absolute Gasteiger partial charge is 0.303 e. The molecule has 1 aromatic carbocycles. The lowest BCUT2D eigenvalue weighted by Crippen LogP contribution is -2.14. The molecule has 0 saturated carbocycles. The maximum absolute atomic E-state index is 13.7. The number of carboxylic acid groups (broad SMARTS) is 1. The topological polar surface area (TPSA) is 63.3 Å². The molecule has 0 aliphatic heterocycles. The van der Waals surface area contributed by atoms with E-state index in [9.17, 15) is 9.18 Å². The Kier molecular flexibility index (Phi) is 4.70. The van der Waals surface area contributed by atoms with Gasteiger partial charge in [0.2, 0.25) is 0 Å². The van der Waals surface area contributed by atoms with Crippen LogP contribution in [0.1, 0.15) is 24.4 Å². The lowest BCUT2D eigenvalue weighted by atomic mass is 10.0. The first-order chi connectivity index (χ1) is 7.43. The van der Waals surface area contributed by atoms with Crippen LogP contribution in [0.5, 0.6) is 0 Å². The molecule has 0 aromatic heterocycles. The zero-order valence-corrected chi connectivity index (χ0v) is 10.6. The van der Waals surface area contributed by atoms with Gasteiger partial charge in [0.25, 0.3) is 0 Å². The second-order valence-corrected chi connectivity index (χ2v) is 4.56. The lowest BCUT2D eigenvalue weighted by molar-refractivity contribution is -0.137. The van der Waals surface area contributed by atoms with E-state index in [1.54, 1.807) is 0 Å². The molecule has 1 atom stereocenters. The molecule has 0 radical (unpaired) electrons. The highest BCUT2D eigenvalue weighted by molar-refractivity contribution is 9.10. The summed E-state index contributed by atoms with van der Waals surface area (Å²) < 4.78 is 13.9. The maximum Gasteiger partial charge on any atom is 0.303 e. The number of benzene rings is 1. The van der Waals surface area contributed by atoms with Crippen molar-refractivity contribution in [3.63, 3.8) is 0 Å². The van der Waals surface area contributed by atoms with Gasteiger partial charge in [-0.25, -0.2) is 4.39 Å². The fraction of sp³-hybridized carbons (Fsp3) is 0.300. The summed E-state index contributed by atoms with van der Waals surface area (Å²) in [5, 5.41) is 8.72. The van der Waals surface area contributed by atoms with Gasteiger partial charge in [-0.05, 0) is 34.5 Å². The van der Waals surface area contributed by atoms with Gasteiger partial charge in [-0.2, -0.15) is 0 Å². The standard InChI is InChI=1S/C10H10BrClFNO2/c11-5-1-2-6(12)9(10(5)13)7(14)3-4-8(15)16/h1-2,7H,3-4,14H2,(H,15,16). The van der Waals surface area contributed by atoms with Crippen LogP contribution < -0.4 is 5.73 Å². The van der Waals surface area contributed by atoms with E-state index in [2.05, 4.69) is 15.9 Å². The van der Waals surface area contributed by atoms with E-state index < -0.39 is 17.8 Å². The van der Waals surface area contributed by atoms with Crippen LogP contribution >= 0.6 is 27.5 Å². The van der Waals surface area contributed by atoms with Gasteiger partial charge < -0.3 is 10.8 Å². The molecular weight excluding hydrogens is 300 g/mol. The Hall–Kier alpha value is -0.650. The Morgan fingerprint density at radius 3 is 2.81 bits per heavy atom. The predicted octanol–water partition coefficient (Wildman–Crippen LogP) is 3.11. The monoisotopic (exact) mass is 309 g/mol. The highest BCUT2D eigenvalue weighted by Crippen LogP contribution is 2.31. The molecule has 0 bridgehead atoms. The van der Waals surface area contributed by atoms with Crippen LogP contribution in [0.2, 0.25) is 5.02 Å². The second kappa shape index (κ2) is 5.61. The predicted molar refractivity (Wildman–Crippen MR) is 62.9 cm³/mol. The molecule has 3 nitrogen and oxygen atoms in total. The molecule has 0 aliphatic carbocycles. The van der Waals surface area contributed by atoms with Gasteiger partial charge in [0.1, 0.15) is 5.82 Å². The van der Waals surface area contributed by atoms with Crippen molar-refractivity contribution in [2.24, 2.45) is 5.73 Å². The first kappa shape index (κ1) is 13.4. The average molecular weight is 311 g/mol. The highest BCUT2D eigenvalue weighted by Gasteiger charge is 2.18. The summed E-state index contributed by atoms with van der Waals surface area (Å²) in [6.07, 6.45) is 0.0197. The number of nitrogens with two attached hydrogens (primary N) is 1. The quantitative estimate of drug-likeness (QED) is 0.840. The summed E-state index contributed by atoms with van der Waals surface area (Å²) in [6.45, 7) is 0. The summed E-state index contributed by atoms with van der Waals surface area (Å²) in [5.74, 6) is -1.51. The number of carbonyl (C=O) groups is 1. The normalized spacial score (nSPS) is 12.5. The van der Waals surface area contributed by atoms with Crippen LogP contribution in [0.25, 0.3) is 0 Å². The molecule has 0 saturated heterocycles. The van der Waals surface area contributed by atoms with E-state index >= 15 is 0 Å². The number of hydrogen-bond acceptors (Lipinski definition) is 2. The Morgan fingerprint density at radius 1 is 1.62 bits per heavy atom. The van der Waals surface area contributed by atoms with Crippen molar-refractivity contribution in [1.29, 1.82) is 0 Å². The molecule has 3 N–H and O–H groups in total. The summed E-state index contributed by atoms with van der Waals surface area (Å²) >= 11 is 8.85. The van der Waals surface area contributed by atoms with Crippen LogP contribution in [0, 0.1) is 5.82 Å². The van der Waals surface area contributed by atoms with E-state index in [1.165, 1.54) is 12.1 Å². The van der Waals surface area contributed by atoms with Crippen LogP contribution in [-0.4, -0.2) is 11.1 Å². The van der Waals surface area contributed by atoms with Crippen molar-refractivity contribution in [1.82, 2.24) is 0 Å². The minimum absolute atomic E-state index is 0.122. The van der Waals surface area contributed by atoms with E-state index in [0.29, 0.717) is 0 Å². The molecule has 16 heavy (non-hydrogen) atoms. The van der Waals surface area contributed by atoms with Gasteiger partial charge in [-0.15, -0.1) is 0 Å². The second-order valence-electron chi connectivity index (χ2n) is 3.30. The van der Waals surface area contributed by atoms with Crippen LogP contribution in [-0.2, 0) is 4.79 Å². The third-order valence-electron chi connectivity index (χ3n) is 2.12. The molecular formula is C10H10BrClFNO2. The molecule has 0 amide bonds. The first-order valence-corrected chi connectivity index (χ1v) is 5.71. The van der Waals surface area contributed by atoms with Gasteiger partial charge in [0, 0.05) is 23.0 Å². The molecule has 6 heteroatoms. The van der Waals surface area contributed by atoms with E-state index in [0.717, 1.165) is 0 Å². The van der Waals surface area contributed by atoms with Gasteiger partial charge in [-0.3, -0.25) is 4.79 Å². The van der Waals surface area contributed by atoms with Crippen molar-refractivity contribution in [2.75, 3.05) is 0 Å².